The molecule has 2 aliphatic heterocycles. The van der Waals surface area contributed by atoms with Gasteiger partial charge >= 0.3 is 12.1 Å². The largest absolute Gasteiger partial charge is 0.471 e. The summed E-state index contributed by atoms with van der Waals surface area (Å²) in [4.78, 5) is 24.0. The number of carbonyl (C=O) groups is 2. The van der Waals surface area contributed by atoms with Gasteiger partial charge in [-0.15, -0.1) is 0 Å². The molecule has 2 aliphatic rings. The number of hydrogen-bond donors (Lipinski definition) is 1. The molecule has 2 amide bonds. The Kier molecular flexibility index (Phi) is 6.89. The fourth-order valence-corrected chi connectivity index (χ4v) is 4.75. The van der Waals surface area contributed by atoms with Gasteiger partial charge in [-0.1, -0.05) is 12.8 Å². The molecule has 0 aliphatic carbocycles. The van der Waals surface area contributed by atoms with Crippen molar-refractivity contribution < 1.29 is 31.2 Å². The first-order chi connectivity index (χ1) is 12.1. The van der Waals surface area contributed by atoms with Crippen LogP contribution in [0.15, 0.2) is 0 Å². The molecule has 2 rings (SSSR count). The highest BCUT2D eigenvalue weighted by Crippen LogP contribution is 2.25. The van der Waals surface area contributed by atoms with Gasteiger partial charge in [0, 0.05) is 26.2 Å². The predicted molar refractivity (Wildman–Crippen MR) is 87.6 cm³/mol. The van der Waals surface area contributed by atoms with E-state index in [1.165, 1.54) is 4.31 Å². The summed E-state index contributed by atoms with van der Waals surface area (Å²) < 4.78 is 63.7. The van der Waals surface area contributed by atoms with Gasteiger partial charge in [0.1, 0.15) is 6.04 Å². The number of sulfonamides is 1. The van der Waals surface area contributed by atoms with Gasteiger partial charge in [-0.3, -0.25) is 9.59 Å². The van der Waals surface area contributed by atoms with Crippen LogP contribution in [0.3, 0.4) is 0 Å². The maximum Gasteiger partial charge on any atom is 0.471 e. The number of rotatable bonds is 5. The van der Waals surface area contributed by atoms with E-state index in [4.69, 9.17) is 0 Å². The molecule has 0 saturated carbocycles. The van der Waals surface area contributed by atoms with Crippen LogP contribution in [0.1, 0.15) is 38.5 Å². The van der Waals surface area contributed by atoms with E-state index in [1.807, 2.05) is 0 Å². The Bertz CT molecular complexity index is 616. The maximum absolute atomic E-state index is 12.6. The molecule has 2 fully saturated rings. The van der Waals surface area contributed by atoms with Crippen molar-refractivity contribution in [3.63, 3.8) is 0 Å². The van der Waals surface area contributed by atoms with Gasteiger partial charge in [0.05, 0.1) is 5.75 Å². The van der Waals surface area contributed by atoms with E-state index < -0.39 is 34.1 Å². The highest BCUT2D eigenvalue weighted by molar-refractivity contribution is 7.89. The van der Waals surface area contributed by atoms with Crippen LogP contribution in [-0.4, -0.2) is 73.6 Å². The van der Waals surface area contributed by atoms with Crippen molar-refractivity contribution in [3.05, 3.63) is 0 Å². The van der Waals surface area contributed by atoms with Gasteiger partial charge in [0.25, 0.3) is 0 Å². The molecule has 1 atom stereocenters. The molecule has 11 heteroatoms. The van der Waals surface area contributed by atoms with Gasteiger partial charge in [-0.25, -0.2) is 12.7 Å². The molecule has 0 aromatic rings. The highest BCUT2D eigenvalue weighted by Gasteiger charge is 2.47. The first-order valence-corrected chi connectivity index (χ1v) is 10.4. The molecule has 0 spiro atoms. The molecule has 2 saturated heterocycles. The van der Waals surface area contributed by atoms with Crippen LogP contribution in [0.4, 0.5) is 13.2 Å². The summed E-state index contributed by atoms with van der Waals surface area (Å²) in [5.41, 5.74) is 0. The van der Waals surface area contributed by atoms with Crippen molar-refractivity contribution in [2.75, 3.05) is 31.9 Å². The van der Waals surface area contributed by atoms with Crippen molar-refractivity contribution in [2.24, 2.45) is 0 Å². The lowest BCUT2D eigenvalue weighted by Crippen LogP contribution is -2.51. The van der Waals surface area contributed by atoms with Crippen molar-refractivity contribution >= 4 is 21.8 Å². The van der Waals surface area contributed by atoms with E-state index in [1.54, 1.807) is 0 Å². The third-order valence-electron chi connectivity index (χ3n) is 4.68. The Morgan fingerprint density at radius 3 is 2.19 bits per heavy atom. The molecular formula is C15H24F3N3O4S. The first-order valence-electron chi connectivity index (χ1n) is 8.76. The van der Waals surface area contributed by atoms with Gasteiger partial charge in [0.2, 0.25) is 15.9 Å². The lowest BCUT2D eigenvalue weighted by molar-refractivity contribution is -0.186. The summed E-state index contributed by atoms with van der Waals surface area (Å²) in [6.45, 7) is 0.574. The smallest absolute Gasteiger partial charge is 0.353 e. The molecule has 0 aromatic carbocycles. The van der Waals surface area contributed by atoms with Crippen LogP contribution in [0.2, 0.25) is 0 Å². The Labute approximate surface area is 150 Å². The lowest BCUT2D eigenvalue weighted by Gasteiger charge is -2.25. The Morgan fingerprint density at radius 1 is 1.00 bits per heavy atom. The molecule has 7 nitrogen and oxygen atoms in total. The van der Waals surface area contributed by atoms with Crippen LogP contribution < -0.4 is 5.32 Å². The molecule has 0 radical (unpaired) electrons. The van der Waals surface area contributed by atoms with Crippen LogP contribution in [0, 0.1) is 0 Å². The number of alkyl halides is 3. The summed E-state index contributed by atoms with van der Waals surface area (Å²) in [5, 5.41) is 2.37. The van der Waals surface area contributed by atoms with Gasteiger partial charge in [0.15, 0.2) is 0 Å². The van der Waals surface area contributed by atoms with Crippen molar-refractivity contribution in [1.82, 2.24) is 14.5 Å². The normalized spacial score (nSPS) is 22.9. The summed E-state index contributed by atoms with van der Waals surface area (Å²) in [7, 11) is -3.52. The quantitative estimate of drug-likeness (QED) is 0.743. The summed E-state index contributed by atoms with van der Waals surface area (Å²) in [6.07, 6.45) is -1.05. The summed E-state index contributed by atoms with van der Waals surface area (Å²) >= 11 is 0. The predicted octanol–water partition coefficient (Wildman–Crippen LogP) is 0.862. The third kappa shape index (κ3) is 5.32. The second-order valence-electron chi connectivity index (χ2n) is 6.57. The number of likely N-dealkylation sites (tertiary alicyclic amines) is 1. The topological polar surface area (TPSA) is 86.8 Å². The second-order valence-corrected chi connectivity index (χ2v) is 8.66. The molecule has 0 aromatic heterocycles. The fourth-order valence-electron chi connectivity index (χ4n) is 3.32. The average molecular weight is 399 g/mol. The van der Waals surface area contributed by atoms with Crippen molar-refractivity contribution in [3.8, 4) is 0 Å². The van der Waals surface area contributed by atoms with Gasteiger partial charge in [-0.05, 0) is 25.7 Å². The van der Waals surface area contributed by atoms with E-state index in [9.17, 15) is 31.2 Å². The van der Waals surface area contributed by atoms with E-state index in [0.29, 0.717) is 24.4 Å². The zero-order chi connectivity index (χ0) is 19.4. The van der Waals surface area contributed by atoms with E-state index >= 15 is 0 Å². The molecule has 26 heavy (non-hydrogen) atoms. The number of halogens is 3. The Hall–Kier alpha value is -1.36. The van der Waals surface area contributed by atoms with Crippen molar-refractivity contribution in [1.29, 1.82) is 0 Å². The molecule has 0 bridgehead atoms. The molecule has 1 unspecified atom stereocenters. The minimum Gasteiger partial charge on any atom is -0.353 e. The minimum absolute atomic E-state index is 0.131. The van der Waals surface area contributed by atoms with Crippen LogP contribution in [0.5, 0.6) is 0 Å². The lowest BCUT2D eigenvalue weighted by atomic mass is 10.2. The second kappa shape index (κ2) is 8.55. The maximum atomic E-state index is 12.6. The van der Waals surface area contributed by atoms with Gasteiger partial charge in [-0.2, -0.15) is 13.2 Å². The minimum atomic E-state index is -5.03. The monoisotopic (exact) mass is 399 g/mol. The molecular weight excluding hydrogens is 375 g/mol. The number of nitrogens with one attached hydrogen (secondary N) is 1. The molecule has 1 N–H and O–H groups in total. The summed E-state index contributed by atoms with van der Waals surface area (Å²) in [6, 6.07) is -1.20. The highest BCUT2D eigenvalue weighted by atomic mass is 32.2. The average Bonchev–Trinajstić information content (AvgIpc) is 2.86. The number of hydrogen-bond acceptors (Lipinski definition) is 4. The molecule has 150 valence electrons. The zero-order valence-corrected chi connectivity index (χ0v) is 15.2. The van der Waals surface area contributed by atoms with Crippen LogP contribution in [-0.2, 0) is 19.6 Å². The SMILES string of the molecule is O=C(NCCS(=O)(=O)N1CCCCCC1)C1CCCN1C(=O)C(F)(F)F. The van der Waals surface area contributed by atoms with Crippen molar-refractivity contribution in [2.45, 2.75) is 50.7 Å². The number of nitrogens with zero attached hydrogens (tertiary/aromatic N) is 2. The fraction of sp³-hybridized carbons (Fsp3) is 0.867. The number of carbonyl (C=O) groups excluding carboxylic acids is 2. The van der Waals surface area contributed by atoms with E-state index in [0.717, 1.165) is 25.7 Å². The standard InChI is InChI=1S/C15H24F3N3O4S/c16-15(17,18)14(23)21-10-5-6-12(21)13(22)19-7-11-26(24,25)20-8-3-1-2-4-9-20/h12H,1-11H2,(H,19,22). The zero-order valence-electron chi connectivity index (χ0n) is 14.4. The van der Waals surface area contributed by atoms with Crippen LogP contribution >= 0.6 is 0 Å². The van der Waals surface area contributed by atoms with E-state index in [2.05, 4.69) is 5.32 Å². The first kappa shape index (κ1) is 20.9. The number of amides is 2. The Morgan fingerprint density at radius 2 is 1.62 bits per heavy atom. The van der Waals surface area contributed by atoms with Crippen LogP contribution in [0.25, 0.3) is 0 Å². The third-order valence-corrected chi connectivity index (χ3v) is 6.55. The van der Waals surface area contributed by atoms with E-state index in [-0.39, 0.29) is 25.3 Å². The summed E-state index contributed by atoms with van der Waals surface area (Å²) in [5.74, 6) is -3.09. The van der Waals surface area contributed by atoms with Gasteiger partial charge < -0.3 is 10.2 Å². The Balaban J connectivity index is 1.86. The molecule has 2 heterocycles.